The first kappa shape index (κ1) is 13.9. The molecule has 0 aromatic heterocycles. The third-order valence-corrected chi connectivity index (χ3v) is 3.16. The summed E-state index contributed by atoms with van der Waals surface area (Å²) in [7, 11) is 1.54. The Morgan fingerprint density at radius 3 is 2.76 bits per heavy atom. The maximum atomic E-state index is 12.2. The monoisotopic (exact) mass is 243 g/mol. The highest BCUT2D eigenvalue weighted by Gasteiger charge is 2.38. The summed E-state index contributed by atoms with van der Waals surface area (Å²) >= 11 is 0. The van der Waals surface area contributed by atoms with Crippen molar-refractivity contribution in [1.29, 1.82) is 0 Å². The summed E-state index contributed by atoms with van der Waals surface area (Å²) in [6.07, 6.45) is 0.531. The van der Waals surface area contributed by atoms with E-state index < -0.39 is 11.6 Å². The Morgan fingerprint density at radius 2 is 2.24 bits per heavy atom. The second kappa shape index (κ2) is 5.46. The lowest BCUT2D eigenvalue weighted by molar-refractivity contribution is -0.152. The van der Waals surface area contributed by atoms with E-state index in [4.69, 9.17) is 10.5 Å². The zero-order valence-corrected chi connectivity index (χ0v) is 10.7. The number of rotatable bonds is 3. The number of hydrogen-bond donors (Lipinski definition) is 2. The van der Waals surface area contributed by atoms with E-state index in [1.165, 1.54) is 4.90 Å². The normalized spacial score (nSPS) is 24.0. The molecule has 98 valence electrons. The number of carbonyl (C=O) groups is 2. The van der Waals surface area contributed by atoms with Crippen LogP contribution in [0.5, 0.6) is 0 Å². The zero-order valence-electron chi connectivity index (χ0n) is 10.7. The summed E-state index contributed by atoms with van der Waals surface area (Å²) in [5.41, 5.74) is 5.00. The number of carbonyl (C=O) groups excluding carboxylic acids is 2. The molecule has 2 amide bonds. The van der Waals surface area contributed by atoms with E-state index in [1.807, 2.05) is 6.92 Å². The van der Waals surface area contributed by atoms with Crippen LogP contribution < -0.4 is 11.1 Å². The summed E-state index contributed by atoms with van der Waals surface area (Å²) < 4.78 is 5.24. The summed E-state index contributed by atoms with van der Waals surface area (Å²) in [5, 5.41) is 2.54. The van der Waals surface area contributed by atoms with Crippen molar-refractivity contribution >= 4 is 11.8 Å². The molecule has 1 fully saturated rings. The van der Waals surface area contributed by atoms with Crippen LogP contribution in [0.15, 0.2) is 0 Å². The summed E-state index contributed by atoms with van der Waals surface area (Å²) in [6, 6.07) is -0.573. The molecule has 1 aliphatic heterocycles. The Labute approximate surface area is 101 Å². The van der Waals surface area contributed by atoms with Crippen LogP contribution >= 0.6 is 0 Å². The lowest BCUT2D eigenvalue weighted by atomic mass is 9.97. The molecule has 0 spiro atoms. The van der Waals surface area contributed by atoms with Crippen LogP contribution in [0.3, 0.4) is 0 Å². The van der Waals surface area contributed by atoms with Crippen LogP contribution in [-0.4, -0.2) is 55.1 Å². The van der Waals surface area contributed by atoms with Crippen molar-refractivity contribution in [3.8, 4) is 0 Å². The van der Waals surface area contributed by atoms with Gasteiger partial charge >= 0.3 is 0 Å². The van der Waals surface area contributed by atoms with Crippen LogP contribution in [0, 0.1) is 0 Å². The molecule has 1 aliphatic rings. The molecule has 6 heteroatoms. The van der Waals surface area contributed by atoms with Crippen molar-refractivity contribution < 1.29 is 14.3 Å². The maximum absolute atomic E-state index is 12.2. The van der Waals surface area contributed by atoms with E-state index in [2.05, 4.69) is 5.32 Å². The minimum absolute atomic E-state index is 0.197. The van der Waals surface area contributed by atoms with Crippen LogP contribution in [0.2, 0.25) is 0 Å². The molecule has 0 aliphatic carbocycles. The summed E-state index contributed by atoms with van der Waals surface area (Å²) in [5.74, 6) is -0.415. The van der Waals surface area contributed by atoms with Crippen LogP contribution in [0.25, 0.3) is 0 Å². The van der Waals surface area contributed by atoms with Crippen LogP contribution in [-0.2, 0) is 14.3 Å². The highest BCUT2D eigenvalue weighted by molar-refractivity contribution is 5.91. The van der Waals surface area contributed by atoms with Gasteiger partial charge in [0.2, 0.25) is 11.8 Å². The van der Waals surface area contributed by atoms with Crippen molar-refractivity contribution in [2.24, 2.45) is 5.73 Å². The first-order valence-electron chi connectivity index (χ1n) is 5.83. The number of nitrogens with zero attached hydrogens (tertiary/aromatic N) is 1. The Balaban J connectivity index is 2.85. The first-order valence-corrected chi connectivity index (χ1v) is 5.83. The second-order valence-corrected chi connectivity index (χ2v) is 4.47. The maximum Gasteiger partial charge on any atom is 0.244 e. The van der Waals surface area contributed by atoms with Crippen LogP contribution in [0.1, 0.15) is 20.3 Å². The molecule has 6 nitrogen and oxygen atoms in total. The van der Waals surface area contributed by atoms with Gasteiger partial charge in [-0.05, 0) is 13.3 Å². The lowest BCUT2D eigenvalue weighted by Gasteiger charge is -2.38. The molecule has 3 N–H and O–H groups in total. The average Bonchev–Trinajstić information content (AvgIpc) is 2.36. The lowest BCUT2D eigenvalue weighted by Crippen LogP contribution is -2.62. The largest absolute Gasteiger partial charge is 0.377 e. The molecule has 2 atom stereocenters. The van der Waals surface area contributed by atoms with Gasteiger partial charge in [-0.3, -0.25) is 9.59 Å². The molecule has 17 heavy (non-hydrogen) atoms. The molecule has 0 radical (unpaired) electrons. The van der Waals surface area contributed by atoms with E-state index in [1.54, 1.807) is 14.0 Å². The SMILES string of the molecule is CCC(C)(N)C(=O)N1CCOCC1C(=O)NC. The van der Waals surface area contributed by atoms with Gasteiger partial charge < -0.3 is 20.7 Å². The highest BCUT2D eigenvalue weighted by Crippen LogP contribution is 2.15. The standard InChI is InChI=1S/C11H21N3O3/c1-4-11(2,12)10(16)14-5-6-17-7-8(14)9(15)13-3/h8H,4-7,12H2,1-3H3,(H,13,15). The van der Waals surface area contributed by atoms with E-state index in [-0.39, 0.29) is 18.4 Å². The zero-order chi connectivity index (χ0) is 13.1. The van der Waals surface area contributed by atoms with Gasteiger partial charge in [-0.1, -0.05) is 6.92 Å². The van der Waals surface area contributed by atoms with E-state index in [0.29, 0.717) is 19.6 Å². The van der Waals surface area contributed by atoms with Gasteiger partial charge in [-0.25, -0.2) is 0 Å². The number of hydrogen-bond acceptors (Lipinski definition) is 4. The van der Waals surface area contributed by atoms with Crippen molar-refractivity contribution in [3.63, 3.8) is 0 Å². The molecule has 0 aromatic rings. The van der Waals surface area contributed by atoms with Crippen molar-refractivity contribution in [1.82, 2.24) is 10.2 Å². The second-order valence-electron chi connectivity index (χ2n) is 4.47. The van der Waals surface area contributed by atoms with E-state index in [0.717, 1.165) is 0 Å². The van der Waals surface area contributed by atoms with Gasteiger partial charge in [-0.15, -0.1) is 0 Å². The molecule has 1 heterocycles. The quantitative estimate of drug-likeness (QED) is 0.672. The highest BCUT2D eigenvalue weighted by atomic mass is 16.5. The van der Waals surface area contributed by atoms with Gasteiger partial charge in [0.05, 0.1) is 18.8 Å². The Hall–Kier alpha value is -1.14. The Morgan fingerprint density at radius 1 is 1.59 bits per heavy atom. The summed E-state index contributed by atoms with van der Waals surface area (Å²) in [6.45, 7) is 4.62. The molecule has 0 aromatic carbocycles. The number of morpholine rings is 1. The van der Waals surface area contributed by atoms with Gasteiger partial charge in [0.15, 0.2) is 0 Å². The minimum atomic E-state index is -0.927. The topological polar surface area (TPSA) is 84.7 Å². The van der Waals surface area contributed by atoms with Crippen LogP contribution in [0.4, 0.5) is 0 Å². The Bertz CT molecular complexity index is 304. The molecular formula is C11H21N3O3. The number of nitrogens with two attached hydrogens (primary N) is 1. The molecule has 0 bridgehead atoms. The molecule has 0 saturated carbocycles. The Kier molecular flexibility index (Phi) is 4.47. The molecular weight excluding hydrogens is 222 g/mol. The predicted octanol–water partition coefficient (Wildman–Crippen LogP) is -0.913. The third-order valence-electron chi connectivity index (χ3n) is 3.16. The fraction of sp³-hybridized carbons (Fsp3) is 0.818. The fourth-order valence-corrected chi connectivity index (χ4v) is 1.71. The van der Waals surface area contributed by atoms with Gasteiger partial charge in [-0.2, -0.15) is 0 Å². The van der Waals surface area contributed by atoms with Gasteiger partial charge in [0, 0.05) is 13.6 Å². The number of amides is 2. The molecule has 1 rings (SSSR count). The number of nitrogens with one attached hydrogen (secondary N) is 1. The third kappa shape index (κ3) is 2.95. The van der Waals surface area contributed by atoms with Crippen molar-refractivity contribution in [2.75, 3.05) is 26.8 Å². The average molecular weight is 243 g/mol. The van der Waals surface area contributed by atoms with Gasteiger partial charge in [0.1, 0.15) is 6.04 Å². The first-order chi connectivity index (χ1) is 7.94. The van der Waals surface area contributed by atoms with Crippen molar-refractivity contribution in [3.05, 3.63) is 0 Å². The molecule has 2 unspecified atom stereocenters. The van der Waals surface area contributed by atoms with E-state index >= 15 is 0 Å². The summed E-state index contributed by atoms with van der Waals surface area (Å²) in [4.78, 5) is 25.4. The molecule has 1 saturated heterocycles. The fourth-order valence-electron chi connectivity index (χ4n) is 1.71. The smallest absolute Gasteiger partial charge is 0.244 e. The number of ether oxygens (including phenoxy) is 1. The van der Waals surface area contributed by atoms with Crippen molar-refractivity contribution in [2.45, 2.75) is 31.8 Å². The number of likely N-dealkylation sites (N-methyl/N-ethyl adjacent to an activating group) is 1. The van der Waals surface area contributed by atoms with Gasteiger partial charge in [0.25, 0.3) is 0 Å². The minimum Gasteiger partial charge on any atom is -0.377 e. The predicted molar refractivity (Wildman–Crippen MR) is 63.3 cm³/mol. The van der Waals surface area contributed by atoms with E-state index in [9.17, 15) is 9.59 Å².